The molecule has 4 nitrogen and oxygen atoms in total. The molecule has 2 N–H and O–H groups in total. The van der Waals surface area contributed by atoms with Gasteiger partial charge in [0.05, 0.1) is 19.3 Å². The summed E-state index contributed by atoms with van der Waals surface area (Å²) in [6.45, 7) is 3.86. The highest BCUT2D eigenvalue weighted by Gasteiger charge is 2.18. The van der Waals surface area contributed by atoms with Crippen molar-refractivity contribution < 1.29 is 14.9 Å². The Bertz CT molecular complexity index is 132. The standard InChI is InChI=1S/C9H19NO3/c11-5-2-1-3-10-4-6-13-9(7-10)8-12/h9,11-12H,1-8H2. The third-order valence-corrected chi connectivity index (χ3v) is 2.31. The molecule has 1 saturated heterocycles. The summed E-state index contributed by atoms with van der Waals surface area (Å²) in [5, 5.41) is 17.5. The van der Waals surface area contributed by atoms with Crippen LogP contribution >= 0.6 is 0 Å². The van der Waals surface area contributed by atoms with Gasteiger partial charge >= 0.3 is 0 Å². The molecule has 0 amide bonds. The Balaban J connectivity index is 2.11. The summed E-state index contributed by atoms with van der Waals surface area (Å²) in [5.41, 5.74) is 0. The molecule has 1 aliphatic heterocycles. The number of aliphatic hydroxyl groups is 2. The molecule has 1 fully saturated rings. The molecule has 1 heterocycles. The van der Waals surface area contributed by atoms with Crippen LogP contribution in [0.1, 0.15) is 12.8 Å². The normalized spacial score (nSPS) is 24.9. The van der Waals surface area contributed by atoms with Crippen LogP contribution in [0.25, 0.3) is 0 Å². The van der Waals surface area contributed by atoms with Gasteiger partial charge in [-0.1, -0.05) is 0 Å². The van der Waals surface area contributed by atoms with E-state index in [1.807, 2.05) is 0 Å². The summed E-state index contributed by atoms with van der Waals surface area (Å²) >= 11 is 0. The number of ether oxygens (including phenoxy) is 1. The molecular formula is C9H19NO3. The lowest BCUT2D eigenvalue weighted by Gasteiger charge is -2.31. The summed E-state index contributed by atoms with van der Waals surface area (Å²) in [6.07, 6.45) is 1.87. The van der Waals surface area contributed by atoms with E-state index in [0.717, 1.165) is 32.5 Å². The highest BCUT2D eigenvalue weighted by atomic mass is 16.5. The Hall–Kier alpha value is -0.160. The Kier molecular flexibility index (Phi) is 5.31. The lowest BCUT2D eigenvalue weighted by atomic mass is 10.2. The van der Waals surface area contributed by atoms with Crippen molar-refractivity contribution in [3.8, 4) is 0 Å². The van der Waals surface area contributed by atoms with Gasteiger partial charge in [0, 0.05) is 19.7 Å². The fourth-order valence-electron chi connectivity index (χ4n) is 1.54. The fourth-order valence-corrected chi connectivity index (χ4v) is 1.54. The first-order valence-electron chi connectivity index (χ1n) is 4.92. The van der Waals surface area contributed by atoms with E-state index in [0.29, 0.717) is 6.61 Å². The maximum atomic E-state index is 8.89. The van der Waals surface area contributed by atoms with Crippen molar-refractivity contribution in [2.45, 2.75) is 18.9 Å². The van der Waals surface area contributed by atoms with E-state index >= 15 is 0 Å². The molecule has 0 aromatic heterocycles. The van der Waals surface area contributed by atoms with Gasteiger partial charge in [-0.05, 0) is 19.4 Å². The Labute approximate surface area is 79.1 Å². The average Bonchev–Trinajstić information content (AvgIpc) is 2.19. The van der Waals surface area contributed by atoms with Crippen molar-refractivity contribution in [1.82, 2.24) is 4.90 Å². The number of hydrogen-bond donors (Lipinski definition) is 2. The van der Waals surface area contributed by atoms with Crippen molar-refractivity contribution >= 4 is 0 Å². The molecular weight excluding hydrogens is 170 g/mol. The minimum Gasteiger partial charge on any atom is -0.396 e. The highest BCUT2D eigenvalue weighted by molar-refractivity contribution is 4.70. The number of hydrogen-bond acceptors (Lipinski definition) is 4. The van der Waals surface area contributed by atoms with Crippen LogP contribution < -0.4 is 0 Å². The molecule has 78 valence electrons. The van der Waals surface area contributed by atoms with Crippen LogP contribution in [0.3, 0.4) is 0 Å². The first-order valence-corrected chi connectivity index (χ1v) is 4.92. The zero-order chi connectivity index (χ0) is 9.52. The number of nitrogens with zero attached hydrogens (tertiary/aromatic N) is 1. The van der Waals surface area contributed by atoms with E-state index < -0.39 is 0 Å². The van der Waals surface area contributed by atoms with Gasteiger partial charge in [0.1, 0.15) is 0 Å². The monoisotopic (exact) mass is 189 g/mol. The van der Waals surface area contributed by atoms with Crippen molar-refractivity contribution in [2.24, 2.45) is 0 Å². The van der Waals surface area contributed by atoms with E-state index in [-0.39, 0.29) is 19.3 Å². The van der Waals surface area contributed by atoms with Crippen molar-refractivity contribution in [1.29, 1.82) is 0 Å². The SMILES string of the molecule is OCCCCN1CCOC(CO)C1. The second-order valence-electron chi connectivity index (χ2n) is 3.41. The molecule has 0 bridgehead atoms. The maximum Gasteiger partial charge on any atom is 0.0932 e. The van der Waals surface area contributed by atoms with Crippen LogP contribution in [0.15, 0.2) is 0 Å². The molecule has 0 radical (unpaired) electrons. The molecule has 0 spiro atoms. The quantitative estimate of drug-likeness (QED) is 0.570. The molecule has 4 heteroatoms. The van der Waals surface area contributed by atoms with Crippen LogP contribution in [0.5, 0.6) is 0 Å². The van der Waals surface area contributed by atoms with E-state index in [1.165, 1.54) is 0 Å². The highest BCUT2D eigenvalue weighted by Crippen LogP contribution is 2.05. The molecule has 1 rings (SSSR count). The predicted molar refractivity (Wildman–Crippen MR) is 49.6 cm³/mol. The number of morpholine rings is 1. The van der Waals surface area contributed by atoms with Gasteiger partial charge in [0.15, 0.2) is 0 Å². The number of unbranched alkanes of at least 4 members (excludes halogenated alkanes) is 1. The van der Waals surface area contributed by atoms with Crippen LogP contribution in [0.2, 0.25) is 0 Å². The molecule has 0 saturated carbocycles. The first-order chi connectivity index (χ1) is 6.36. The van der Waals surface area contributed by atoms with E-state index in [4.69, 9.17) is 14.9 Å². The summed E-state index contributed by atoms with van der Waals surface area (Å²) in [7, 11) is 0. The molecule has 13 heavy (non-hydrogen) atoms. The molecule has 1 atom stereocenters. The third-order valence-electron chi connectivity index (χ3n) is 2.31. The van der Waals surface area contributed by atoms with Crippen LogP contribution in [0, 0.1) is 0 Å². The van der Waals surface area contributed by atoms with Crippen LogP contribution in [0.4, 0.5) is 0 Å². The van der Waals surface area contributed by atoms with E-state index in [2.05, 4.69) is 4.90 Å². The first kappa shape index (κ1) is 10.9. The summed E-state index contributed by atoms with van der Waals surface area (Å²) in [5.74, 6) is 0. The van der Waals surface area contributed by atoms with E-state index in [1.54, 1.807) is 0 Å². The van der Waals surface area contributed by atoms with Gasteiger partial charge in [-0.25, -0.2) is 0 Å². The Morgan fingerprint density at radius 1 is 1.31 bits per heavy atom. The Morgan fingerprint density at radius 3 is 2.85 bits per heavy atom. The molecule has 1 aliphatic rings. The van der Waals surface area contributed by atoms with Crippen LogP contribution in [-0.4, -0.2) is 60.7 Å². The lowest BCUT2D eigenvalue weighted by molar-refractivity contribution is -0.0530. The summed E-state index contributed by atoms with van der Waals surface area (Å²) in [6, 6.07) is 0. The zero-order valence-electron chi connectivity index (χ0n) is 7.98. The third kappa shape index (κ3) is 4.04. The number of rotatable bonds is 5. The predicted octanol–water partition coefficient (Wildman–Crippen LogP) is -0.548. The smallest absolute Gasteiger partial charge is 0.0932 e. The van der Waals surface area contributed by atoms with Crippen molar-refractivity contribution in [2.75, 3.05) is 39.5 Å². The number of aliphatic hydroxyl groups excluding tert-OH is 2. The second kappa shape index (κ2) is 6.32. The van der Waals surface area contributed by atoms with Gasteiger partial charge in [-0.15, -0.1) is 0 Å². The van der Waals surface area contributed by atoms with E-state index in [9.17, 15) is 0 Å². The minimum absolute atomic E-state index is 0.0112. The van der Waals surface area contributed by atoms with Gasteiger partial charge in [-0.3, -0.25) is 4.90 Å². The van der Waals surface area contributed by atoms with Crippen LogP contribution in [-0.2, 0) is 4.74 Å². The van der Waals surface area contributed by atoms with Crippen molar-refractivity contribution in [3.05, 3.63) is 0 Å². The fraction of sp³-hybridized carbons (Fsp3) is 1.00. The Morgan fingerprint density at radius 2 is 2.15 bits per heavy atom. The van der Waals surface area contributed by atoms with Gasteiger partial charge < -0.3 is 14.9 Å². The lowest BCUT2D eigenvalue weighted by Crippen LogP contribution is -2.44. The molecule has 1 unspecified atom stereocenters. The summed E-state index contributed by atoms with van der Waals surface area (Å²) in [4.78, 5) is 2.28. The topological polar surface area (TPSA) is 52.9 Å². The summed E-state index contributed by atoms with van der Waals surface area (Å²) < 4.78 is 5.32. The van der Waals surface area contributed by atoms with Gasteiger partial charge in [-0.2, -0.15) is 0 Å². The largest absolute Gasteiger partial charge is 0.396 e. The molecule has 0 aromatic rings. The minimum atomic E-state index is -0.0112. The second-order valence-corrected chi connectivity index (χ2v) is 3.41. The van der Waals surface area contributed by atoms with Gasteiger partial charge in [0.2, 0.25) is 0 Å². The zero-order valence-corrected chi connectivity index (χ0v) is 7.98. The molecule has 0 aromatic carbocycles. The maximum absolute atomic E-state index is 8.89. The average molecular weight is 189 g/mol. The van der Waals surface area contributed by atoms with Crippen molar-refractivity contribution in [3.63, 3.8) is 0 Å². The molecule has 0 aliphatic carbocycles. The van der Waals surface area contributed by atoms with Gasteiger partial charge in [0.25, 0.3) is 0 Å².